The zero-order valence-electron chi connectivity index (χ0n) is 13.6. The lowest BCUT2D eigenvalue weighted by Gasteiger charge is -2.20. The Balaban J connectivity index is 1.86. The van der Waals surface area contributed by atoms with Gasteiger partial charge in [-0.15, -0.1) is 0 Å². The first-order valence-corrected chi connectivity index (χ1v) is 9.36. The first-order valence-electron chi connectivity index (χ1n) is 7.88. The minimum absolute atomic E-state index is 0.0392. The molecule has 0 atom stereocenters. The van der Waals surface area contributed by atoms with Gasteiger partial charge in [0.25, 0.3) is 0 Å². The topological polar surface area (TPSA) is 78.4 Å². The summed E-state index contributed by atoms with van der Waals surface area (Å²) in [4.78, 5) is -0.628. The standard InChI is InChI=1S/C17H17F3N2O3S/c18-17(19,20)13-6-14(23)8-15(7-13)26(24,25)22-10-12-3-1-2-11-9-21-5-4-16(11)12/h1-3,6-8,21-23H,4-5,9-10H2. The van der Waals surface area contributed by atoms with E-state index < -0.39 is 32.4 Å². The van der Waals surface area contributed by atoms with Crippen molar-refractivity contribution in [1.29, 1.82) is 0 Å². The summed E-state index contributed by atoms with van der Waals surface area (Å²) in [6.07, 6.45) is -4.01. The van der Waals surface area contributed by atoms with E-state index in [9.17, 15) is 26.7 Å². The average molecular weight is 386 g/mol. The van der Waals surface area contributed by atoms with Gasteiger partial charge in [0.15, 0.2) is 0 Å². The number of sulfonamides is 1. The summed E-state index contributed by atoms with van der Waals surface area (Å²) in [5, 5.41) is 12.7. The molecule has 2 aromatic rings. The van der Waals surface area contributed by atoms with Crippen LogP contribution in [0.3, 0.4) is 0 Å². The lowest BCUT2D eigenvalue weighted by atomic mass is 9.96. The minimum atomic E-state index is -4.76. The molecule has 3 N–H and O–H groups in total. The molecule has 0 aliphatic carbocycles. The number of halogens is 3. The predicted octanol–water partition coefficient (Wildman–Crippen LogP) is 2.54. The Labute approximate surface area is 148 Å². The molecule has 1 heterocycles. The van der Waals surface area contributed by atoms with Crippen molar-refractivity contribution in [2.75, 3.05) is 6.54 Å². The number of rotatable bonds is 4. The van der Waals surface area contributed by atoms with E-state index in [0.717, 1.165) is 35.7 Å². The van der Waals surface area contributed by atoms with E-state index in [-0.39, 0.29) is 6.54 Å². The molecule has 9 heteroatoms. The number of fused-ring (bicyclic) bond motifs is 1. The third kappa shape index (κ3) is 4.00. The van der Waals surface area contributed by atoms with Gasteiger partial charge in [-0.3, -0.25) is 0 Å². The number of hydrogen-bond acceptors (Lipinski definition) is 4. The summed E-state index contributed by atoms with van der Waals surface area (Å²) in [7, 11) is -4.22. The van der Waals surface area contributed by atoms with Crippen LogP contribution >= 0.6 is 0 Å². The molecule has 0 amide bonds. The van der Waals surface area contributed by atoms with Gasteiger partial charge >= 0.3 is 6.18 Å². The summed E-state index contributed by atoms with van der Waals surface area (Å²) >= 11 is 0. The van der Waals surface area contributed by atoms with Crippen molar-refractivity contribution < 1.29 is 26.7 Å². The maximum Gasteiger partial charge on any atom is 0.416 e. The predicted molar refractivity (Wildman–Crippen MR) is 89.0 cm³/mol. The fourth-order valence-electron chi connectivity index (χ4n) is 2.93. The van der Waals surface area contributed by atoms with Gasteiger partial charge in [0.05, 0.1) is 10.5 Å². The van der Waals surface area contributed by atoms with Crippen molar-refractivity contribution in [3.05, 3.63) is 58.7 Å². The molecule has 1 aliphatic heterocycles. The number of phenols is 1. The fourth-order valence-corrected chi connectivity index (χ4v) is 4.01. The zero-order valence-corrected chi connectivity index (χ0v) is 14.4. The summed E-state index contributed by atoms with van der Waals surface area (Å²) < 4.78 is 65.7. The minimum Gasteiger partial charge on any atom is -0.508 e. The van der Waals surface area contributed by atoms with Gasteiger partial charge < -0.3 is 10.4 Å². The molecule has 0 spiro atoms. The Morgan fingerprint density at radius 3 is 2.69 bits per heavy atom. The average Bonchev–Trinajstić information content (AvgIpc) is 2.58. The van der Waals surface area contributed by atoms with Gasteiger partial charge in [-0.2, -0.15) is 13.2 Å². The van der Waals surface area contributed by atoms with E-state index in [4.69, 9.17) is 0 Å². The van der Waals surface area contributed by atoms with Crippen LogP contribution in [0.2, 0.25) is 0 Å². The van der Waals surface area contributed by atoms with Crippen molar-refractivity contribution in [2.45, 2.75) is 30.6 Å². The van der Waals surface area contributed by atoms with Crippen LogP contribution in [0.1, 0.15) is 22.3 Å². The maximum atomic E-state index is 12.8. The van der Waals surface area contributed by atoms with E-state index in [1.165, 1.54) is 0 Å². The number of phenolic OH excluding ortho intramolecular Hbond substituents is 1. The highest BCUT2D eigenvalue weighted by Gasteiger charge is 2.32. The number of nitrogens with one attached hydrogen (secondary N) is 2. The lowest BCUT2D eigenvalue weighted by molar-refractivity contribution is -0.137. The second-order valence-corrected chi connectivity index (χ2v) is 7.79. The van der Waals surface area contributed by atoms with Crippen LogP contribution in [0.4, 0.5) is 13.2 Å². The molecule has 0 unspecified atom stereocenters. The van der Waals surface area contributed by atoms with Crippen molar-refractivity contribution in [2.24, 2.45) is 0 Å². The summed E-state index contributed by atoms with van der Waals surface area (Å²) in [5.74, 6) is -0.761. The second-order valence-electron chi connectivity index (χ2n) is 6.02. The molecular weight excluding hydrogens is 369 g/mol. The largest absolute Gasteiger partial charge is 0.508 e. The second kappa shape index (κ2) is 6.90. The number of hydrogen-bond donors (Lipinski definition) is 3. The highest BCUT2D eigenvalue weighted by atomic mass is 32.2. The van der Waals surface area contributed by atoms with Gasteiger partial charge in [0.1, 0.15) is 5.75 Å². The van der Waals surface area contributed by atoms with E-state index >= 15 is 0 Å². The normalized spacial score (nSPS) is 14.9. The Morgan fingerprint density at radius 2 is 1.96 bits per heavy atom. The van der Waals surface area contributed by atoms with Crippen LogP contribution in [0.5, 0.6) is 5.75 Å². The number of alkyl halides is 3. The molecular formula is C17H17F3N2O3S. The van der Waals surface area contributed by atoms with E-state index in [1.807, 2.05) is 12.1 Å². The van der Waals surface area contributed by atoms with E-state index in [2.05, 4.69) is 10.0 Å². The van der Waals surface area contributed by atoms with Crippen LogP contribution in [0.25, 0.3) is 0 Å². The number of benzene rings is 2. The first kappa shape index (κ1) is 18.7. The summed E-state index contributed by atoms with van der Waals surface area (Å²) in [6, 6.07) is 7.33. The van der Waals surface area contributed by atoms with Crippen LogP contribution in [-0.4, -0.2) is 20.1 Å². The van der Waals surface area contributed by atoms with E-state index in [1.54, 1.807) is 6.07 Å². The van der Waals surface area contributed by atoms with Crippen molar-refractivity contribution in [1.82, 2.24) is 10.0 Å². The summed E-state index contributed by atoms with van der Waals surface area (Å²) in [5.41, 5.74) is 1.68. The molecule has 0 fully saturated rings. The molecule has 0 radical (unpaired) electrons. The molecule has 0 bridgehead atoms. The van der Waals surface area contributed by atoms with E-state index in [0.29, 0.717) is 18.7 Å². The quantitative estimate of drug-likeness (QED) is 0.755. The highest BCUT2D eigenvalue weighted by molar-refractivity contribution is 7.89. The maximum absolute atomic E-state index is 12.8. The summed E-state index contributed by atoms with van der Waals surface area (Å²) in [6.45, 7) is 1.43. The molecule has 5 nitrogen and oxygen atoms in total. The van der Waals surface area contributed by atoms with Gasteiger partial charge in [0.2, 0.25) is 10.0 Å². The van der Waals surface area contributed by atoms with Crippen LogP contribution < -0.4 is 10.0 Å². The lowest BCUT2D eigenvalue weighted by Crippen LogP contribution is -2.28. The third-order valence-electron chi connectivity index (χ3n) is 4.22. The van der Waals surface area contributed by atoms with Crippen molar-refractivity contribution in [3.63, 3.8) is 0 Å². The van der Waals surface area contributed by atoms with Gasteiger partial charge in [0, 0.05) is 13.1 Å². The number of aromatic hydroxyl groups is 1. The highest BCUT2D eigenvalue weighted by Crippen LogP contribution is 2.33. The Morgan fingerprint density at radius 1 is 1.19 bits per heavy atom. The molecule has 3 rings (SSSR count). The monoisotopic (exact) mass is 386 g/mol. The van der Waals surface area contributed by atoms with Gasteiger partial charge in [-0.25, -0.2) is 13.1 Å². The smallest absolute Gasteiger partial charge is 0.416 e. The van der Waals surface area contributed by atoms with Crippen LogP contribution in [-0.2, 0) is 35.7 Å². The van der Waals surface area contributed by atoms with Crippen molar-refractivity contribution >= 4 is 10.0 Å². The molecule has 0 saturated carbocycles. The molecule has 1 aliphatic rings. The SMILES string of the molecule is O=S(=O)(NCc1cccc2c1CCNC2)c1cc(O)cc(C(F)(F)F)c1. The first-order chi connectivity index (χ1) is 12.2. The van der Waals surface area contributed by atoms with Crippen molar-refractivity contribution in [3.8, 4) is 5.75 Å². The molecule has 26 heavy (non-hydrogen) atoms. The van der Waals surface area contributed by atoms with Gasteiger partial charge in [-0.05, 0) is 47.9 Å². The molecule has 0 saturated heterocycles. The van der Waals surface area contributed by atoms with Crippen LogP contribution in [0.15, 0.2) is 41.3 Å². The molecule has 140 valence electrons. The Kier molecular flexibility index (Phi) is 4.96. The zero-order chi connectivity index (χ0) is 18.9. The fraction of sp³-hybridized carbons (Fsp3) is 0.294. The third-order valence-corrected chi connectivity index (χ3v) is 5.60. The Bertz CT molecular complexity index is 927. The van der Waals surface area contributed by atoms with Gasteiger partial charge in [-0.1, -0.05) is 18.2 Å². The molecule has 2 aromatic carbocycles. The molecule has 0 aromatic heterocycles. The van der Waals surface area contributed by atoms with Crippen LogP contribution in [0, 0.1) is 0 Å². The Hall–Kier alpha value is -2.10.